The van der Waals surface area contributed by atoms with Crippen molar-refractivity contribution in [3.63, 3.8) is 0 Å². The number of nitrogens with zero attached hydrogens (tertiary/aromatic N) is 4. The summed E-state index contributed by atoms with van der Waals surface area (Å²) >= 11 is 3.09. The summed E-state index contributed by atoms with van der Waals surface area (Å²) in [5.41, 5.74) is 3.25. The van der Waals surface area contributed by atoms with Crippen LogP contribution < -0.4 is 10.2 Å². The molecule has 2 aromatic heterocycles. The summed E-state index contributed by atoms with van der Waals surface area (Å²) < 4.78 is 12.5. The van der Waals surface area contributed by atoms with E-state index < -0.39 is 10.8 Å². The number of nitrogens with one attached hydrogen (secondary N) is 1. The molecule has 0 saturated carbocycles. The first-order valence-corrected chi connectivity index (χ1v) is 10.1. The number of carbonyl (C=O) groups is 1. The zero-order valence-electron chi connectivity index (χ0n) is 16.7. The van der Waals surface area contributed by atoms with Gasteiger partial charge >= 0.3 is 11.7 Å². The third kappa shape index (κ3) is 4.37. The number of halogens is 1. The highest BCUT2D eigenvalue weighted by Gasteiger charge is 2.20. The Bertz CT molecular complexity index is 1340. The number of hydrogen-bond donors (Lipinski definition) is 1. The van der Waals surface area contributed by atoms with E-state index in [1.807, 2.05) is 36.4 Å². The van der Waals surface area contributed by atoms with Crippen molar-refractivity contribution in [1.29, 1.82) is 0 Å². The van der Waals surface area contributed by atoms with Crippen molar-refractivity contribution in [2.75, 3.05) is 7.11 Å². The molecule has 2 aromatic carbocycles. The van der Waals surface area contributed by atoms with Gasteiger partial charge in [-0.15, -0.1) is 0 Å². The molecule has 4 rings (SSSR count). The molecule has 0 aliphatic heterocycles. The van der Waals surface area contributed by atoms with Crippen LogP contribution in [0.2, 0.25) is 0 Å². The molecule has 0 atom stereocenters. The van der Waals surface area contributed by atoms with Gasteiger partial charge in [-0.1, -0.05) is 24.3 Å². The van der Waals surface area contributed by atoms with Crippen molar-refractivity contribution in [3.05, 3.63) is 86.4 Å². The van der Waals surface area contributed by atoms with Gasteiger partial charge in [0.15, 0.2) is 5.76 Å². The fourth-order valence-corrected chi connectivity index (χ4v) is 3.60. The van der Waals surface area contributed by atoms with Crippen LogP contribution in [0.3, 0.4) is 0 Å². The number of hydrogen-bond acceptors (Lipinski definition) is 7. The van der Waals surface area contributed by atoms with E-state index >= 15 is 0 Å². The van der Waals surface area contributed by atoms with Crippen LogP contribution in [0, 0.1) is 10.1 Å². The molecule has 0 radical (unpaired) electrons. The predicted molar refractivity (Wildman–Crippen MR) is 120 cm³/mol. The minimum atomic E-state index is -0.592. The Hall–Kier alpha value is -3.99. The second-order valence-electron chi connectivity index (χ2n) is 6.62. The molecule has 10 nitrogen and oxygen atoms in total. The maximum Gasteiger partial charge on any atom is 0.404 e. The maximum absolute atomic E-state index is 12.4. The van der Waals surface area contributed by atoms with Crippen LogP contribution in [-0.4, -0.2) is 33.9 Å². The predicted octanol–water partition coefficient (Wildman–Crippen LogP) is 4.12. The van der Waals surface area contributed by atoms with Gasteiger partial charge < -0.3 is 19.3 Å². The van der Waals surface area contributed by atoms with Crippen molar-refractivity contribution >= 4 is 44.6 Å². The largest absolute Gasteiger partial charge is 0.496 e. The number of carbonyl (C=O) groups excluding carboxylic acids is 1. The van der Waals surface area contributed by atoms with Gasteiger partial charge in [0.2, 0.25) is 0 Å². The van der Waals surface area contributed by atoms with Crippen LogP contribution in [0.4, 0.5) is 5.82 Å². The first-order valence-electron chi connectivity index (χ1n) is 9.31. The van der Waals surface area contributed by atoms with Gasteiger partial charge in [-0.3, -0.25) is 4.79 Å². The Kier molecular flexibility index (Phi) is 5.99. The van der Waals surface area contributed by atoms with Gasteiger partial charge in [0.25, 0.3) is 0 Å². The van der Waals surface area contributed by atoms with Crippen molar-refractivity contribution in [3.8, 4) is 5.75 Å². The molecular weight excluding hydrogens is 482 g/mol. The molecular formula is C21H16BrN5O5. The molecule has 162 valence electrons. The van der Waals surface area contributed by atoms with Crippen LogP contribution in [-0.2, 0) is 6.54 Å². The molecule has 0 bridgehead atoms. The molecule has 1 amide bonds. The number of ether oxygens (including phenoxy) is 1. The average molecular weight is 498 g/mol. The second kappa shape index (κ2) is 9.02. The zero-order valence-corrected chi connectivity index (χ0v) is 18.3. The monoisotopic (exact) mass is 497 g/mol. The van der Waals surface area contributed by atoms with Gasteiger partial charge in [-0.2, -0.15) is 9.78 Å². The van der Waals surface area contributed by atoms with E-state index in [2.05, 4.69) is 31.6 Å². The highest BCUT2D eigenvalue weighted by Crippen LogP contribution is 2.27. The number of nitro groups is 1. The van der Waals surface area contributed by atoms with Gasteiger partial charge in [0, 0.05) is 10.9 Å². The SMILES string of the molecule is COc1ccc(/C=N\NC(=O)c2ccc(Cn3cc(Br)c([N+](=O)[O-])n3)o2)c2ccccc12. The number of hydrazone groups is 1. The summed E-state index contributed by atoms with van der Waals surface area (Å²) in [5, 5.41) is 20.6. The number of benzene rings is 2. The fraction of sp³-hybridized carbons (Fsp3) is 0.0952. The second-order valence-corrected chi connectivity index (χ2v) is 7.48. The highest BCUT2D eigenvalue weighted by atomic mass is 79.9. The lowest BCUT2D eigenvalue weighted by molar-refractivity contribution is -0.390. The molecule has 0 spiro atoms. The number of amides is 1. The third-order valence-electron chi connectivity index (χ3n) is 4.58. The molecule has 0 fully saturated rings. The van der Waals surface area contributed by atoms with E-state index in [0.29, 0.717) is 5.76 Å². The van der Waals surface area contributed by atoms with Crippen molar-refractivity contribution in [2.24, 2.45) is 5.10 Å². The van der Waals surface area contributed by atoms with Crippen LogP contribution in [0.5, 0.6) is 5.75 Å². The molecule has 0 unspecified atom stereocenters. The molecule has 2 heterocycles. The van der Waals surface area contributed by atoms with Crippen molar-refractivity contribution < 1.29 is 18.9 Å². The smallest absolute Gasteiger partial charge is 0.404 e. The summed E-state index contributed by atoms with van der Waals surface area (Å²) in [6.07, 6.45) is 3.01. The Labute approximate surface area is 189 Å². The lowest BCUT2D eigenvalue weighted by Gasteiger charge is -2.07. The number of aromatic nitrogens is 2. The first-order chi connectivity index (χ1) is 15.5. The topological polar surface area (TPSA) is 125 Å². The van der Waals surface area contributed by atoms with Gasteiger partial charge in [-0.05, 0) is 50.5 Å². The zero-order chi connectivity index (χ0) is 22.7. The quantitative estimate of drug-likeness (QED) is 0.232. The van der Waals surface area contributed by atoms with Crippen LogP contribution in [0.25, 0.3) is 10.8 Å². The first kappa shape index (κ1) is 21.2. The van der Waals surface area contributed by atoms with E-state index in [0.717, 1.165) is 22.1 Å². The van der Waals surface area contributed by atoms with Crippen molar-refractivity contribution in [2.45, 2.75) is 6.54 Å². The minimum absolute atomic E-state index is 0.0532. The average Bonchev–Trinajstić information content (AvgIpc) is 3.40. The molecule has 32 heavy (non-hydrogen) atoms. The van der Waals surface area contributed by atoms with E-state index in [1.54, 1.807) is 19.4 Å². The summed E-state index contributed by atoms with van der Waals surface area (Å²) in [6, 6.07) is 14.5. The summed E-state index contributed by atoms with van der Waals surface area (Å²) in [4.78, 5) is 22.7. The fourth-order valence-electron chi connectivity index (χ4n) is 3.14. The maximum atomic E-state index is 12.4. The summed E-state index contributed by atoms with van der Waals surface area (Å²) in [5.74, 6) is 0.384. The standard InChI is InChI=1S/C21H16BrN5O5/c1-31-18-8-6-13(15-4-2-3-5-16(15)18)10-23-24-21(28)19-9-7-14(32-19)11-26-12-17(22)20(25-26)27(29)30/h2-10,12H,11H2,1H3,(H,24,28)/b23-10-. The lowest BCUT2D eigenvalue weighted by Crippen LogP contribution is -2.16. The normalized spacial score (nSPS) is 11.2. The Morgan fingerprint density at radius 3 is 2.78 bits per heavy atom. The Balaban J connectivity index is 1.44. The number of methoxy groups -OCH3 is 1. The number of fused-ring (bicyclic) bond motifs is 1. The van der Waals surface area contributed by atoms with E-state index in [-0.39, 0.29) is 22.6 Å². The number of rotatable bonds is 7. The molecule has 4 aromatic rings. The van der Waals surface area contributed by atoms with Gasteiger partial charge in [0.1, 0.15) is 22.5 Å². The third-order valence-corrected chi connectivity index (χ3v) is 5.14. The van der Waals surface area contributed by atoms with Crippen molar-refractivity contribution in [1.82, 2.24) is 15.2 Å². The Morgan fingerprint density at radius 1 is 1.28 bits per heavy atom. The molecule has 1 N–H and O–H groups in total. The molecule has 11 heteroatoms. The van der Waals surface area contributed by atoms with E-state index in [1.165, 1.54) is 16.9 Å². The van der Waals surface area contributed by atoms with Gasteiger partial charge in [0.05, 0.1) is 24.6 Å². The van der Waals surface area contributed by atoms with Crippen LogP contribution in [0.1, 0.15) is 21.9 Å². The van der Waals surface area contributed by atoms with Crippen LogP contribution >= 0.6 is 15.9 Å². The highest BCUT2D eigenvalue weighted by molar-refractivity contribution is 9.10. The van der Waals surface area contributed by atoms with Gasteiger partial charge in [-0.25, -0.2) is 5.43 Å². The summed E-state index contributed by atoms with van der Waals surface area (Å²) in [7, 11) is 1.61. The van der Waals surface area contributed by atoms with Crippen LogP contribution in [0.15, 0.2) is 68.7 Å². The Morgan fingerprint density at radius 2 is 2.06 bits per heavy atom. The molecule has 0 saturated heterocycles. The van der Waals surface area contributed by atoms with E-state index in [9.17, 15) is 14.9 Å². The minimum Gasteiger partial charge on any atom is -0.496 e. The lowest BCUT2D eigenvalue weighted by atomic mass is 10.0. The molecule has 0 aliphatic rings. The number of furan rings is 1. The van der Waals surface area contributed by atoms with E-state index in [4.69, 9.17) is 9.15 Å². The summed E-state index contributed by atoms with van der Waals surface area (Å²) in [6.45, 7) is 0.126. The molecule has 0 aliphatic carbocycles.